The van der Waals surface area contributed by atoms with Crippen LogP contribution in [-0.2, 0) is 4.74 Å². The largest absolute Gasteiger partial charge is 0.447 e. The van der Waals surface area contributed by atoms with Crippen LogP contribution in [0.25, 0.3) is 16.8 Å². The number of alkyl halides is 2. The van der Waals surface area contributed by atoms with Crippen molar-refractivity contribution in [3.63, 3.8) is 0 Å². The maximum absolute atomic E-state index is 14.5. The van der Waals surface area contributed by atoms with Gasteiger partial charge in [0.15, 0.2) is 11.8 Å². The van der Waals surface area contributed by atoms with Gasteiger partial charge in [-0.3, -0.25) is 15.1 Å². The van der Waals surface area contributed by atoms with Crippen molar-refractivity contribution in [3.8, 4) is 16.8 Å². The number of hydrogen-bond acceptors (Lipinski definition) is 7. The van der Waals surface area contributed by atoms with E-state index in [2.05, 4.69) is 46.6 Å². The van der Waals surface area contributed by atoms with Crippen LogP contribution < -0.4 is 10.6 Å². The molecule has 6 rings (SSSR count). The lowest BCUT2D eigenvalue weighted by molar-refractivity contribution is 0.0566. The highest BCUT2D eigenvalue weighted by Crippen LogP contribution is 2.38. The molecule has 0 saturated heterocycles. The number of ether oxygens (including phenoxy) is 1. The molecule has 4 aromatic rings. The van der Waals surface area contributed by atoms with Crippen LogP contribution >= 0.6 is 11.6 Å². The van der Waals surface area contributed by atoms with Crippen molar-refractivity contribution < 1.29 is 23.1 Å². The first kappa shape index (κ1) is 36.0. The second-order valence-electron chi connectivity index (χ2n) is 14.7. The van der Waals surface area contributed by atoms with Crippen LogP contribution in [0, 0.1) is 10.8 Å². The zero-order chi connectivity index (χ0) is 36.5. The lowest BCUT2D eigenvalue weighted by Gasteiger charge is -2.33. The Balaban J connectivity index is 1.36. The second kappa shape index (κ2) is 14.4. The Morgan fingerprint density at radius 1 is 1.14 bits per heavy atom. The van der Waals surface area contributed by atoms with Gasteiger partial charge in [0.2, 0.25) is 0 Å². The Morgan fingerprint density at radius 3 is 2.49 bits per heavy atom. The van der Waals surface area contributed by atoms with Gasteiger partial charge >= 0.3 is 12.6 Å². The Morgan fingerprint density at radius 2 is 1.86 bits per heavy atom. The number of carbonyl (C=O) groups excluding carboxylic acids is 2. The number of aromatic nitrogens is 5. The van der Waals surface area contributed by atoms with E-state index in [0.717, 1.165) is 31.5 Å². The molecule has 2 aromatic carbocycles. The van der Waals surface area contributed by atoms with Gasteiger partial charge in [-0.15, -0.1) is 0 Å². The molecule has 2 amide bonds. The molecule has 270 valence electrons. The molecular formula is C36H42ClF2N9O3. The first-order valence-electron chi connectivity index (χ1n) is 16.9. The number of guanidine groups is 1. The summed E-state index contributed by atoms with van der Waals surface area (Å²) in [5.74, 6) is 0.312. The molecule has 15 heteroatoms. The number of hydrogen-bond donors (Lipinski definition) is 3. The van der Waals surface area contributed by atoms with Crippen molar-refractivity contribution in [1.82, 2.24) is 40.1 Å². The number of alkyl carbamates (subject to hydrolysis) is 1. The SMILES string of the molecule is CC(C)(C)CCNC(=N)N(C(=O)c1ccc(-c2cnn(C(F)F)c2)cc1)[C@H](COC(=O)NC1(C)CC1)c1ccc(Cl)c(-n2cnc(C3CC3)n2)c1. The molecule has 2 aromatic heterocycles. The molecule has 2 aliphatic carbocycles. The standard InChI is InChI=1S/C36H42ClF2N9O3/c1-35(2,3)15-16-41-33(40)48(31(49)24-9-5-22(6-10-24)26-18-43-46(19-26)32(38)39)29(20-51-34(50)44-36(4)13-14-36)25-11-12-27(37)28(17-25)47-21-42-30(45-47)23-7-8-23/h5-6,9-12,17-19,21,23,29,32H,7-8,13-16,20H2,1-4H3,(H2,40,41)(H,44,50)/t29-/m1/s1. The Hall–Kier alpha value is -4.85. The molecule has 2 fully saturated rings. The molecule has 2 aliphatic rings. The minimum atomic E-state index is -2.78. The zero-order valence-corrected chi connectivity index (χ0v) is 29.8. The zero-order valence-electron chi connectivity index (χ0n) is 29.0. The van der Waals surface area contributed by atoms with Gasteiger partial charge in [-0.2, -0.15) is 19.0 Å². The van der Waals surface area contributed by atoms with Crippen molar-refractivity contribution >= 4 is 29.6 Å². The predicted octanol–water partition coefficient (Wildman–Crippen LogP) is 7.48. The highest BCUT2D eigenvalue weighted by Gasteiger charge is 2.40. The molecule has 3 N–H and O–H groups in total. The van der Waals surface area contributed by atoms with E-state index in [1.807, 2.05) is 6.92 Å². The van der Waals surface area contributed by atoms with Gasteiger partial charge in [0, 0.05) is 35.3 Å². The fourth-order valence-electron chi connectivity index (χ4n) is 5.48. The third kappa shape index (κ3) is 8.91. The average Bonchev–Trinajstić information content (AvgIpc) is 3.94. The molecular weight excluding hydrogens is 680 g/mol. The summed E-state index contributed by atoms with van der Waals surface area (Å²) in [7, 11) is 0. The van der Waals surface area contributed by atoms with Crippen molar-refractivity contribution in [2.24, 2.45) is 5.41 Å². The minimum Gasteiger partial charge on any atom is -0.447 e. The van der Waals surface area contributed by atoms with Crippen LogP contribution in [0.5, 0.6) is 0 Å². The summed E-state index contributed by atoms with van der Waals surface area (Å²) in [4.78, 5) is 33.2. The van der Waals surface area contributed by atoms with E-state index in [0.29, 0.717) is 51.0 Å². The van der Waals surface area contributed by atoms with Gasteiger partial charge in [-0.05, 0) is 79.8 Å². The van der Waals surface area contributed by atoms with E-state index in [-0.39, 0.29) is 29.1 Å². The highest BCUT2D eigenvalue weighted by molar-refractivity contribution is 6.32. The fourth-order valence-corrected chi connectivity index (χ4v) is 5.68. The summed E-state index contributed by atoms with van der Waals surface area (Å²) in [5.41, 5.74) is 1.93. The van der Waals surface area contributed by atoms with E-state index in [4.69, 9.17) is 16.3 Å². The van der Waals surface area contributed by atoms with Gasteiger partial charge in [-0.1, -0.05) is 50.6 Å². The van der Waals surface area contributed by atoms with Crippen LogP contribution in [0.2, 0.25) is 5.02 Å². The summed E-state index contributed by atoms with van der Waals surface area (Å²) in [6.07, 6.45) is 7.95. The minimum absolute atomic E-state index is 0.0439. The van der Waals surface area contributed by atoms with Gasteiger partial charge in [0.05, 0.1) is 22.9 Å². The number of amides is 2. The third-order valence-electron chi connectivity index (χ3n) is 9.04. The van der Waals surface area contributed by atoms with E-state index in [1.54, 1.807) is 53.5 Å². The topological polar surface area (TPSA) is 143 Å². The molecule has 12 nitrogen and oxygen atoms in total. The van der Waals surface area contributed by atoms with Gasteiger partial charge in [0.1, 0.15) is 12.9 Å². The van der Waals surface area contributed by atoms with Crippen molar-refractivity contribution in [1.29, 1.82) is 5.41 Å². The Labute approximate surface area is 300 Å². The number of carbonyl (C=O) groups is 2. The van der Waals surface area contributed by atoms with Crippen LogP contribution in [0.3, 0.4) is 0 Å². The van der Waals surface area contributed by atoms with E-state index in [9.17, 15) is 23.8 Å². The number of halogens is 3. The molecule has 0 spiro atoms. The summed E-state index contributed by atoms with van der Waals surface area (Å²) in [5, 5.41) is 23.9. The number of nitrogens with one attached hydrogen (secondary N) is 3. The van der Waals surface area contributed by atoms with Gasteiger partial charge < -0.3 is 15.4 Å². The molecule has 1 atom stereocenters. The molecule has 51 heavy (non-hydrogen) atoms. The van der Waals surface area contributed by atoms with Crippen LogP contribution in [0.4, 0.5) is 13.6 Å². The maximum atomic E-state index is 14.5. The Kier molecular flexibility index (Phi) is 10.2. The second-order valence-corrected chi connectivity index (χ2v) is 15.1. The molecule has 2 saturated carbocycles. The van der Waals surface area contributed by atoms with Crippen LogP contribution in [0.1, 0.15) is 100 Å². The van der Waals surface area contributed by atoms with Crippen molar-refractivity contribution in [2.75, 3.05) is 13.2 Å². The van der Waals surface area contributed by atoms with Crippen LogP contribution in [0.15, 0.2) is 61.2 Å². The molecule has 0 aliphatic heterocycles. The van der Waals surface area contributed by atoms with E-state index in [1.165, 1.54) is 17.3 Å². The lowest BCUT2D eigenvalue weighted by Crippen LogP contribution is -2.49. The number of nitrogens with zero attached hydrogens (tertiary/aromatic N) is 6. The summed E-state index contributed by atoms with van der Waals surface area (Å²) < 4.78 is 34.2. The predicted molar refractivity (Wildman–Crippen MR) is 188 cm³/mol. The first-order chi connectivity index (χ1) is 24.2. The maximum Gasteiger partial charge on any atom is 0.407 e. The third-order valence-corrected chi connectivity index (χ3v) is 9.36. The number of benzene rings is 2. The lowest BCUT2D eigenvalue weighted by atomic mass is 9.92. The van der Waals surface area contributed by atoms with Crippen molar-refractivity contribution in [2.45, 2.75) is 83.8 Å². The molecule has 0 radical (unpaired) electrons. The summed E-state index contributed by atoms with van der Waals surface area (Å²) in [6, 6.07) is 10.6. The van der Waals surface area contributed by atoms with E-state index < -0.39 is 24.6 Å². The van der Waals surface area contributed by atoms with Gasteiger partial charge in [0.25, 0.3) is 5.91 Å². The summed E-state index contributed by atoms with van der Waals surface area (Å²) >= 11 is 6.68. The fraction of sp³-hybridized carbons (Fsp3) is 0.444. The van der Waals surface area contributed by atoms with Crippen LogP contribution in [-0.4, -0.2) is 66.1 Å². The highest BCUT2D eigenvalue weighted by atomic mass is 35.5. The normalized spacial score (nSPS) is 15.7. The first-order valence-corrected chi connectivity index (χ1v) is 17.3. The molecule has 2 heterocycles. The smallest absolute Gasteiger partial charge is 0.407 e. The van der Waals surface area contributed by atoms with E-state index >= 15 is 0 Å². The van der Waals surface area contributed by atoms with Gasteiger partial charge in [-0.25, -0.2) is 19.1 Å². The molecule has 0 bridgehead atoms. The molecule has 0 unspecified atom stereocenters. The monoisotopic (exact) mass is 721 g/mol. The summed E-state index contributed by atoms with van der Waals surface area (Å²) in [6.45, 7) is 5.51. The average molecular weight is 722 g/mol. The van der Waals surface area contributed by atoms with Crippen molar-refractivity contribution in [3.05, 3.63) is 83.2 Å². The Bertz CT molecular complexity index is 1900. The number of rotatable bonds is 12. The quantitative estimate of drug-likeness (QED) is 0.102.